The third-order valence-electron chi connectivity index (χ3n) is 4.76. The van der Waals surface area contributed by atoms with Gasteiger partial charge in [-0.15, -0.1) is 0 Å². The minimum atomic E-state index is -0.317. The van der Waals surface area contributed by atoms with Crippen molar-refractivity contribution < 1.29 is 14.5 Å². The number of carbonyl (C=O) groups excluding carboxylic acids is 2. The first-order valence-corrected chi connectivity index (χ1v) is 8.88. The summed E-state index contributed by atoms with van der Waals surface area (Å²) in [7, 11) is 1.86. The van der Waals surface area contributed by atoms with Crippen molar-refractivity contribution in [3.05, 3.63) is 65.2 Å². The van der Waals surface area contributed by atoms with Crippen LogP contribution in [0.1, 0.15) is 23.6 Å². The number of amides is 2. The lowest BCUT2D eigenvalue weighted by molar-refractivity contribution is -0.885. The van der Waals surface area contributed by atoms with Crippen molar-refractivity contribution >= 4 is 17.5 Å². The summed E-state index contributed by atoms with van der Waals surface area (Å²) >= 11 is 0. The van der Waals surface area contributed by atoms with Gasteiger partial charge in [0.25, 0.3) is 11.8 Å². The Bertz CT molecular complexity index is 759. The first kappa shape index (κ1) is 19.7. The molecule has 2 aromatic carbocycles. The molecule has 5 nitrogen and oxygen atoms in total. The molecule has 2 aromatic rings. The van der Waals surface area contributed by atoms with Gasteiger partial charge in [-0.05, 0) is 43.5 Å². The van der Waals surface area contributed by atoms with E-state index in [0.29, 0.717) is 6.54 Å². The molecule has 2 rings (SSSR count). The van der Waals surface area contributed by atoms with Crippen LogP contribution in [-0.4, -0.2) is 31.4 Å². The quantitative estimate of drug-likeness (QED) is 0.705. The second kappa shape index (κ2) is 9.15. The monoisotopic (exact) mass is 354 g/mol. The van der Waals surface area contributed by atoms with Gasteiger partial charge < -0.3 is 15.5 Å². The fourth-order valence-electron chi connectivity index (χ4n) is 2.65. The van der Waals surface area contributed by atoms with Gasteiger partial charge in [-0.3, -0.25) is 9.59 Å². The fraction of sp³-hybridized carbons (Fsp3) is 0.333. The van der Waals surface area contributed by atoms with E-state index in [1.807, 2.05) is 76.3 Å². The van der Waals surface area contributed by atoms with Crippen LogP contribution < -0.4 is 15.5 Å². The van der Waals surface area contributed by atoms with E-state index in [4.69, 9.17) is 0 Å². The Morgan fingerprint density at radius 3 is 2.42 bits per heavy atom. The first-order valence-electron chi connectivity index (χ1n) is 8.88. The number of hydrogen-bond acceptors (Lipinski definition) is 2. The molecule has 0 spiro atoms. The summed E-state index contributed by atoms with van der Waals surface area (Å²) < 4.78 is 0. The average molecular weight is 354 g/mol. The minimum absolute atomic E-state index is 0.0640. The van der Waals surface area contributed by atoms with Crippen LogP contribution in [0.5, 0.6) is 0 Å². The van der Waals surface area contributed by atoms with Crippen molar-refractivity contribution in [1.29, 1.82) is 0 Å². The summed E-state index contributed by atoms with van der Waals surface area (Å²) in [5.41, 5.74) is 4.08. The van der Waals surface area contributed by atoms with Gasteiger partial charge in [-0.25, -0.2) is 0 Å². The Hall–Kier alpha value is -2.66. The van der Waals surface area contributed by atoms with Gasteiger partial charge in [0, 0.05) is 12.2 Å². The van der Waals surface area contributed by atoms with Crippen LogP contribution in [-0.2, 0) is 16.1 Å². The highest BCUT2D eigenvalue weighted by atomic mass is 16.2. The van der Waals surface area contributed by atoms with E-state index in [-0.39, 0.29) is 24.4 Å². The Kier molecular flexibility index (Phi) is 6.92. The molecule has 0 aliphatic rings. The minimum Gasteiger partial charge on any atom is -0.347 e. The van der Waals surface area contributed by atoms with Crippen molar-refractivity contribution in [2.45, 2.75) is 33.4 Å². The number of benzene rings is 2. The Morgan fingerprint density at radius 1 is 1.04 bits per heavy atom. The number of rotatable bonds is 7. The molecule has 0 aliphatic carbocycles. The zero-order valence-corrected chi connectivity index (χ0v) is 15.9. The van der Waals surface area contributed by atoms with Crippen LogP contribution in [0.4, 0.5) is 5.69 Å². The van der Waals surface area contributed by atoms with Crippen LogP contribution in [0, 0.1) is 13.8 Å². The van der Waals surface area contributed by atoms with Gasteiger partial charge in [-0.1, -0.05) is 42.5 Å². The van der Waals surface area contributed by atoms with Gasteiger partial charge in [0.15, 0.2) is 12.6 Å². The number of likely N-dealkylation sites (N-methyl/N-ethyl adjacent to an activating group) is 1. The molecule has 0 radical (unpaired) electrons. The normalized spacial score (nSPS) is 12.9. The molecule has 1 unspecified atom stereocenters. The maximum atomic E-state index is 12.3. The molecule has 0 aromatic heterocycles. The van der Waals surface area contributed by atoms with Gasteiger partial charge in [0.2, 0.25) is 0 Å². The Balaban J connectivity index is 1.85. The van der Waals surface area contributed by atoms with E-state index in [2.05, 4.69) is 10.6 Å². The fourth-order valence-corrected chi connectivity index (χ4v) is 2.65. The maximum Gasteiger partial charge on any atom is 0.279 e. The lowest BCUT2D eigenvalue weighted by atomic mass is 10.1. The second-order valence-corrected chi connectivity index (χ2v) is 6.74. The summed E-state index contributed by atoms with van der Waals surface area (Å²) in [6.45, 7) is 6.56. The molecule has 0 fully saturated rings. The van der Waals surface area contributed by atoms with Crippen LogP contribution >= 0.6 is 0 Å². The zero-order chi connectivity index (χ0) is 19.1. The van der Waals surface area contributed by atoms with Gasteiger partial charge in [-0.2, -0.15) is 0 Å². The molecule has 0 saturated heterocycles. The van der Waals surface area contributed by atoms with E-state index in [1.54, 1.807) is 0 Å². The topological polar surface area (TPSA) is 62.6 Å². The highest BCUT2D eigenvalue weighted by molar-refractivity contribution is 5.92. The summed E-state index contributed by atoms with van der Waals surface area (Å²) in [5, 5.41) is 5.87. The lowest BCUT2D eigenvalue weighted by Gasteiger charge is -2.21. The second-order valence-electron chi connectivity index (χ2n) is 6.74. The average Bonchev–Trinajstić information content (AvgIpc) is 2.63. The predicted octanol–water partition coefficient (Wildman–Crippen LogP) is 1.46. The van der Waals surface area contributed by atoms with Crippen molar-refractivity contribution in [3.8, 4) is 0 Å². The third-order valence-corrected chi connectivity index (χ3v) is 4.76. The number of quaternary nitrogens is 1. The SMILES string of the molecule is Cc1cccc(NC(=O)C[NH+](C)[C@H](C)C(=O)NCc2ccccc2)c1C. The van der Waals surface area contributed by atoms with Gasteiger partial charge in [0.1, 0.15) is 0 Å². The van der Waals surface area contributed by atoms with E-state index in [0.717, 1.165) is 27.3 Å². The van der Waals surface area contributed by atoms with E-state index in [1.165, 1.54) is 0 Å². The molecule has 0 aliphatic heterocycles. The summed E-state index contributed by atoms with van der Waals surface area (Å²) in [4.78, 5) is 25.5. The zero-order valence-electron chi connectivity index (χ0n) is 15.9. The number of aryl methyl sites for hydroxylation is 1. The molecule has 0 bridgehead atoms. The predicted molar refractivity (Wildman–Crippen MR) is 104 cm³/mol. The van der Waals surface area contributed by atoms with E-state index in [9.17, 15) is 9.59 Å². The summed E-state index contributed by atoms with van der Waals surface area (Å²) in [5.74, 6) is -0.162. The van der Waals surface area contributed by atoms with Gasteiger partial charge in [0.05, 0.1) is 7.05 Å². The number of carbonyl (C=O) groups is 2. The molecule has 138 valence electrons. The molecular weight excluding hydrogens is 326 g/mol. The highest BCUT2D eigenvalue weighted by Gasteiger charge is 2.23. The standard InChI is InChI=1S/C21H27N3O2/c1-15-9-8-12-19(16(15)2)23-20(25)14-24(4)17(3)21(26)22-13-18-10-6-5-7-11-18/h5-12,17H,13-14H2,1-4H3,(H,22,26)(H,23,25)/p+1/t17-/m1/s1. The molecule has 26 heavy (non-hydrogen) atoms. The molecule has 3 N–H and O–H groups in total. The molecule has 0 heterocycles. The molecule has 2 atom stereocenters. The molecular formula is C21H28N3O2+. The van der Waals surface area contributed by atoms with Crippen molar-refractivity contribution in [2.75, 3.05) is 18.9 Å². The number of hydrogen-bond donors (Lipinski definition) is 3. The number of anilines is 1. The van der Waals surface area contributed by atoms with Crippen LogP contribution in [0.25, 0.3) is 0 Å². The Morgan fingerprint density at radius 2 is 1.73 bits per heavy atom. The lowest BCUT2D eigenvalue weighted by Crippen LogP contribution is -3.15. The van der Waals surface area contributed by atoms with Crippen LogP contribution in [0.2, 0.25) is 0 Å². The first-order chi connectivity index (χ1) is 12.4. The van der Waals surface area contributed by atoms with Crippen molar-refractivity contribution in [3.63, 3.8) is 0 Å². The smallest absolute Gasteiger partial charge is 0.279 e. The summed E-state index contributed by atoms with van der Waals surface area (Å²) in [6.07, 6.45) is 0. The number of nitrogens with one attached hydrogen (secondary N) is 3. The molecule has 5 heteroatoms. The van der Waals surface area contributed by atoms with E-state index >= 15 is 0 Å². The van der Waals surface area contributed by atoms with Crippen LogP contribution in [0.15, 0.2) is 48.5 Å². The van der Waals surface area contributed by atoms with Crippen molar-refractivity contribution in [2.24, 2.45) is 0 Å². The van der Waals surface area contributed by atoms with E-state index < -0.39 is 0 Å². The largest absolute Gasteiger partial charge is 0.347 e. The summed E-state index contributed by atoms with van der Waals surface area (Å²) in [6, 6.07) is 15.3. The van der Waals surface area contributed by atoms with Gasteiger partial charge >= 0.3 is 0 Å². The van der Waals surface area contributed by atoms with Crippen molar-refractivity contribution in [1.82, 2.24) is 5.32 Å². The molecule has 2 amide bonds. The Labute approximate surface area is 155 Å². The maximum absolute atomic E-state index is 12.3. The molecule has 0 saturated carbocycles. The highest BCUT2D eigenvalue weighted by Crippen LogP contribution is 2.17. The third kappa shape index (κ3) is 5.43. The van der Waals surface area contributed by atoms with Crippen LogP contribution in [0.3, 0.4) is 0 Å².